The molecule has 0 radical (unpaired) electrons. The van der Waals surface area contributed by atoms with Crippen LogP contribution in [0.3, 0.4) is 0 Å². The number of ether oxygens (including phenoxy) is 1. The van der Waals surface area contributed by atoms with Gasteiger partial charge in [-0.2, -0.15) is 0 Å². The first-order valence-corrected chi connectivity index (χ1v) is 7.27. The molecule has 1 N–H and O–H groups in total. The van der Waals surface area contributed by atoms with Crippen molar-refractivity contribution in [2.75, 3.05) is 13.1 Å². The number of hydrogen-bond acceptors (Lipinski definition) is 2. The average Bonchev–Trinajstić information content (AvgIpc) is 2.39. The molecule has 1 saturated heterocycles. The van der Waals surface area contributed by atoms with Crippen LogP contribution in [0.4, 0.5) is 4.79 Å². The van der Waals surface area contributed by atoms with Crippen LogP contribution in [0.5, 0.6) is 0 Å². The van der Waals surface area contributed by atoms with E-state index in [1.807, 2.05) is 39.0 Å². The highest BCUT2D eigenvalue weighted by Crippen LogP contribution is 2.18. The molecule has 0 aliphatic carbocycles. The Morgan fingerprint density at radius 3 is 2.70 bits per heavy atom. The summed E-state index contributed by atoms with van der Waals surface area (Å²) in [6, 6.07) is 5.68. The van der Waals surface area contributed by atoms with Crippen LogP contribution in [0.15, 0.2) is 18.2 Å². The molecule has 0 saturated carbocycles. The molecule has 2 rings (SSSR count). The van der Waals surface area contributed by atoms with Crippen molar-refractivity contribution in [2.45, 2.75) is 39.5 Å². The van der Waals surface area contributed by atoms with Crippen molar-refractivity contribution in [3.8, 4) is 0 Å². The Balaban J connectivity index is 1.93. The number of urea groups is 1. The van der Waals surface area contributed by atoms with Gasteiger partial charge in [-0.25, -0.2) is 4.79 Å². The summed E-state index contributed by atoms with van der Waals surface area (Å²) in [6.45, 7) is 7.68. The lowest BCUT2D eigenvalue weighted by atomic mass is 10.1. The van der Waals surface area contributed by atoms with E-state index in [9.17, 15) is 4.79 Å². The number of rotatable bonds is 2. The Morgan fingerprint density at radius 1 is 1.40 bits per heavy atom. The van der Waals surface area contributed by atoms with Crippen molar-refractivity contribution in [1.82, 2.24) is 10.2 Å². The van der Waals surface area contributed by atoms with Crippen molar-refractivity contribution >= 4 is 17.6 Å². The molecule has 1 heterocycles. The van der Waals surface area contributed by atoms with E-state index in [-0.39, 0.29) is 18.2 Å². The smallest absolute Gasteiger partial charge is 0.317 e. The fraction of sp³-hybridized carbons (Fsp3) is 0.533. The molecule has 0 spiro atoms. The molecule has 0 aromatic heterocycles. The largest absolute Gasteiger partial charge is 0.372 e. The van der Waals surface area contributed by atoms with E-state index in [1.54, 1.807) is 4.90 Å². The molecule has 0 bridgehead atoms. The summed E-state index contributed by atoms with van der Waals surface area (Å²) in [5, 5.41) is 3.68. The Kier molecular flexibility index (Phi) is 4.89. The van der Waals surface area contributed by atoms with Gasteiger partial charge in [0.1, 0.15) is 0 Å². The second-order valence-electron chi connectivity index (χ2n) is 5.34. The van der Waals surface area contributed by atoms with Gasteiger partial charge in [-0.3, -0.25) is 0 Å². The van der Waals surface area contributed by atoms with Gasteiger partial charge < -0.3 is 15.0 Å². The van der Waals surface area contributed by atoms with Crippen molar-refractivity contribution in [3.63, 3.8) is 0 Å². The first kappa shape index (κ1) is 15.1. The molecular formula is C15H21ClN2O2. The number of carbonyl (C=O) groups excluding carboxylic acids is 1. The Hall–Kier alpha value is -1.26. The minimum absolute atomic E-state index is 0.0497. The molecule has 4 nitrogen and oxygen atoms in total. The van der Waals surface area contributed by atoms with E-state index < -0.39 is 0 Å². The summed E-state index contributed by atoms with van der Waals surface area (Å²) >= 11 is 6.08. The van der Waals surface area contributed by atoms with Crippen LogP contribution in [0.1, 0.15) is 25.0 Å². The first-order valence-electron chi connectivity index (χ1n) is 6.89. The Morgan fingerprint density at radius 2 is 2.05 bits per heavy atom. The van der Waals surface area contributed by atoms with Crippen LogP contribution < -0.4 is 5.32 Å². The topological polar surface area (TPSA) is 41.6 Å². The van der Waals surface area contributed by atoms with E-state index in [0.29, 0.717) is 19.6 Å². The predicted octanol–water partition coefficient (Wildman–Crippen LogP) is 2.97. The van der Waals surface area contributed by atoms with Crippen LogP contribution in [-0.2, 0) is 11.3 Å². The third-order valence-corrected chi connectivity index (χ3v) is 3.93. The zero-order chi connectivity index (χ0) is 14.7. The molecular weight excluding hydrogens is 276 g/mol. The average molecular weight is 297 g/mol. The fourth-order valence-electron chi connectivity index (χ4n) is 2.47. The molecule has 2 atom stereocenters. The number of nitrogens with one attached hydrogen (secondary N) is 1. The first-order chi connectivity index (χ1) is 9.47. The van der Waals surface area contributed by atoms with Gasteiger partial charge in [0.2, 0.25) is 0 Å². The van der Waals surface area contributed by atoms with Crippen molar-refractivity contribution < 1.29 is 9.53 Å². The zero-order valence-corrected chi connectivity index (χ0v) is 12.9. The lowest BCUT2D eigenvalue weighted by molar-refractivity contribution is -0.0545. The van der Waals surface area contributed by atoms with Gasteiger partial charge >= 0.3 is 6.03 Å². The van der Waals surface area contributed by atoms with Gasteiger partial charge in [-0.1, -0.05) is 23.7 Å². The quantitative estimate of drug-likeness (QED) is 0.911. The van der Waals surface area contributed by atoms with Crippen LogP contribution >= 0.6 is 11.6 Å². The van der Waals surface area contributed by atoms with Crippen molar-refractivity contribution in [1.29, 1.82) is 0 Å². The van der Waals surface area contributed by atoms with Gasteiger partial charge in [-0.15, -0.1) is 0 Å². The Labute approximate surface area is 125 Å². The van der Waals surface area contributed by atoms with Gasteiger partial charge in [0.15, 0.2) is 0 Å². The summed E-state index contributed by atoms with van der Waals surface area (Å²) in [5.74, 6) is 0. The van der Waals surface area contributed by atoms with Crippen molar-refractivity contribution in [2.24, 2.45) is 0 Å². The van der Waals surface area contributed by atoms with Gasteiger partial charge in [0.25, 0.3) is 0 Å². The van der Waals surface area contributed by atoms with Crippen molar-refractivity contribution in [3.05, 3.63) is 34.3 Å². The number of amides is 2. The number of benzene rings is 1. The number of nitrogens with zero attached hydrogens (tertiary/aromatic N) is 1. The van der Waals surface area contributed by atoms with Gasteiger partial charge in [-0.05, 0) is 38.0 Å². The van der Waals surface area contributed by atoms with Crippen LogP contribution in [0.2, 0.25) is 5.02 Å². The second-order valence-corrected chi connectivity index (χ2v) is 5.75. The molecule has 1 aromatic rings. The maximum atomic E-state index is 12.2. The minimum atomic E-state index is -0.0497. The van der Waals surface area contributed by atoms with Crippen LogP contribution in [0, 0.1) is 6.92 Å². The lowest BCUT2D eigenvalue weighted by Gasteiger charge is -2.35. The molecule has 1 aliphatic heterocycles. The maximum Gasteiger partial charge on any atom is 0.317 e. The Bertz CT molecular complexity index is 483. The van der Waals surface area contributed by atoms with E-state index in [4.69, 9.17) is 16.3 Å². The second kappa shape index (κ2) is 6.46. The van der Waals surface area contributed by atoms with E-state index in [0.717, 1.165) is 16.1 Å². The third kappa shape index (κ3) is 3.64. The minimum Gasteiger partial charge on any atom is -0.372 e. The van der Waals surface area contributed by atoms with Gasteiger partial charge in [0, 0.05) is 24.7 Å². The lowest BCUT2D eigenvalue weighted by Crippen LogP contribution is -2.51. The van der Waals surface area contributed by atoms with Crippen LogP contribution in [-0.4, -0.2) is 36.2 Å². The molecule has 110 valence electrons. The summed E-state index contributed by atoms with van der Waals surface area (Å²) in [4.78, 5) is 14.0. The predicted molar refractivity (Wildman–Crippen MR) is 80.0 cm³/mol. The fourth-order valence-corrected chi connectivity index (χ4v) is 2.66. The summed E-state index contributed by atoms with van der Waals surface area (Å²) in [6.07, 6.45) is 0.162. The van der Waals surface area contributed by atoms with Crippen LogP contribution in [0.25, 0.3) is 0 Å². The van der Waals surface area contributed by atoms with E-state index in [1.165, 1.54) is 0 Å². The number of morpholine rings is 1. The number of hydrogen-bond donors (Lipinski definition) is 1. The normalized spacial score (nSPS) is 22.7. The molecule has 20 heavy (non-hydrogen) atoms. The molecule has 1 fully saturated rings. The SMILES string of the molecule is Cc1c(Cl)cccc1CNC(=O)N1C[C@@H](C)O[C@@H](C)C1. The summed E-state index contributed by atoms with van der Waals surface area (Å²) in [7, 11) is 0. The highest BCUT2D eigenvalue weighted by atomic mass is 35.5. The van der Waals surface area contributed by atoms with E-state index in [2.05, 4.69) is 5.32 Å². The van der Waals surface area contributed by atoms with Gasteiger partial charge in [0.05, 0.1) is 12.2 Å². The monoisotopic (exact) mass is 296 g/mol. The molecule has 5 heteroatoms. The molecule has 1 aromatic carbocycles. The standard InChI is InChI=1S/C15H21ClN2O2/c1-10-8-18(9-11(2)20-10)15(19)17-7-13-5-4-6-14(16)12(13)3/h4-6,10-11H,7-9H2,1-3H3,(H,17,19)/t10-,11+. The highest BCUT2D eigenvalue weighted by molar-refractivity contribution is 6.31. The molecule has 1 aliphatic rings. The molecule has 2 amide bonds. The maximum absolute atomic E-state index is 12.2. The third-order valence-electron chi connectivity index (χ3n) is 3.52. The number of halogens is 1. The zero-order valence-electron chi connectivity index (χ0n) is 12.1. The number of carbonyl (C=O) groups is 1. The summed E-state index contributed by atoms with van der Waals surface area (Å²) in [5.41, 5.74) is 2.05. The highest BCUT2D eigenvalue weighted by Gasteiger charge is 2.25. The van der Waals surface area contributed by atoms with E-state index >= 15 is 0 Å². The summed E-state index contributed by atoms with van der Waals surface area (Å²) < 4.78 is 5.63. The molecule has 0 unspecified atom stereocenters.